The molecule has 0 spiro atoms. The van der Waals surface area contributed by atoms with Gasteiger partial charge in [-0.3, -0.25) is 4.21 Å². The van der Waals surface area contributed by atoms with E-state index in [4.69, 9.17) is 5.11 Å². The van der Waals surface area contributed by atoms with Crippen LogP contribution in [-0.2, 0) is 20.8 Å². The predicted molar refractivity (Wildman–Crippen MR) is 67.5 cm³/mol. The van der Waals surface area contributed by atoms with Crippen molar-refractivity contribution in [2.75, 3.05) is 18.6 Å². The molecule has 0 radical (unpaired) electrons. The number of hydrogen-bond acceptors (Lipinski definition) is 4. The van der Waals surface area contributed by atoms with Gasteiger partial charge in [-0.2, -0.15) is 0 Å². The van der Waals surface area contributed by atoms with Crippen molar-refractivity contribution in [2.24, 2.45) is 0 Å². The second-order valence-corrected chi connectivity index (χ2v) is 6.92. The number of benzene rings is 1. The van der Waals surface area contributed by atoms with E-state index >= 15 is 0 Å². The van der Waals surface area contributed by atoms with E-state index in [1.165, 1.54) is 6.26 Å². The van der Waals surface area contributed by atoms with E-state index in [0.29, 0.717) is 0 Å². The zero-order valence-corrected chi connectivity index (χ0v) is 11.6. The zero-order chi connectivity index (χ0) is 14.6. The first-order valence-electron chi connectivity index (χ1n) is 5.06. The summed E-state index contributed by atoms with van der Waals surface area (Å²) in [6.07, 6.45) is 1.40. The number of rotatable bonds is 6. The smallest absolute Gasteiger partial charge is 0.335 e. The molecule has 19 heavy (non-hydrogen) atoms. The Hall–Kier alpha value is -1.32. The number of carbonyl (C=O) groups is 1. The van der Waals surface area contributed by atoms with Crippen molar-refractivity contribution >= 4 is 26.8 Å². The molecule has 1 atom stereocenters. The molecule has 0 saturated carbocycles. The second kappa shape index (κ2) is 6.22. The molecule has 0 amide bonds. The SMILES string of the molecule is CS(=O)CCNS(=O)(=O)c1cc(C(=O)O)ccc1F. The summed E-state index contributed by atoms with van der Waals surface area (Å²) < 4.78 is 49.8. The number of sulfonamides is 1. The van der Waals surface area contributed by atoms with Crippen molar-refractivity contribution in [1.29, 1.82) is 0 Å². The van der Waals surface area contributed by atoms with Gasteiger partial charge < -0.3 is 5.11 Å². The van der Waals surface area contributed by atoms with Crippen molar-refractivity contribution in [3.05, 3.63) is 29.6 Å². The number of aromatic carboxylic acids is 1. The van der Waals surface area contributed by atoms with Crippen LogP contribution in [0.4, 0.5) is 4.39 Å². The minimum atomic E-state index is -4.17. The minimum absolute atomic E-state index is 0.0828. The van der Waals surface area contributed by atoms with Crippen LogP contribution < -0.4 is 4.72 Å². The van der Waals surface area contributed by atoms with Crippen LogP contribution in [0, 0.1) is 5.82 Å². The first-order valence-corrected chi connectivity index (χ1v) is 8.27. The average molecular weight is 309 g/mol. The van der Waals surface area contributed by atoms with Crippen LogP contribution in [0.25, 0.3) is 0 Å². The molecule has 0 aliphatic carbocycles. The Kier molecular flexibility index (Phi) is 5.15. The van der Waals surface area contributed by atoms with E-state index in [2.05, 4.69) is 4.72 Å². The summed E-state index contributed by atoms with van der Waals surface area (Å²) in [7, 11) is -5.35. The fourth-order valence-electron chi connectivity index (χ4n) is 1.24. The van der Waals surface area contributed by atoms with E-state index in [0.717, 1.165) is 18.2 Å². The fraction of sp³-hybridized carbons (Fsp3) is 0.300. The molecule has 9 heteroatoms. The zero-order valence-electron chi connectivity index (χ0n) is 9.92. The maximum absolute atomic E-state index is 13.4. The summed E-state index contributed by atoms with van der Waals surface area (Å²) in [5, 5.41) is 8.74. The Morgan fingerprint density at radius 1 is 1.47 bits per heavy atom. The highest BCUT2D eigenvalue weighted by Gasteiger charge is 2.20. The standard InChI is InChI=1S/C10H12FNO5S2/c1-18(15)5-4-12-19(16,17)9-6-7(10(13)14)2-3-8(9)11/h2-3,6,12H,4-5H2,1H3,(H,13,14). The number of carboxylic acids is 1. The van der Waals surface area contributed by atoms with Crippen molar-refractivity contribution < 1.29 is 26.9 Å². The molecule has 6 nitrogen and oxygen atoms in total. The van der Waals surface area contributed by atoms with Crippen LogP contribution in [-0.4, -0.2) is 42.3 Å². The molecule has 0 bridgehead atoms. The molecule has 1 aromatic rings. The fourth-order valence-corrected chi connectivity index (χ4v) is 2.89. The van der Waals surface area contributed by atoms with Gasteiger partial charge in [0.1, 0.15) is 10.7 Å². The summed E-state index contributed by atoms with van der Waals surface area (Å²) in [6.45, 7) is -0.123. The first kappa shape index (κ1) is 15.7. The summed E-state index contributed by atoms with van der Waals surface area (Å²) >= 11 is 0. The molecule has 0 saturated heterocycles. The van der Waals surface area contributed by atoms with Crippen LogP contribution in [0.5, 0.6) is 0 Å². The molecule has 0 heterocycles. The summed E-state index contributed by atoms with van der Waals surface area (Å²) in [4.78, 5) is 9.98. The van der Waals surface area contributed by atoms with Gasteiger partial charge >= 0.3 is 5.97 Å². The predicted octanol–water partition coefficient (Wildman–Crippen LogP) is 0.181. The van der Waals surface area contributed by atoms with Gasteiger partial charge in [0.05, 0.1) is 5.56 Å². The number of nitrogens with one attached hydrogen (secondary N) is 1. The molecule has 0 aromatic heterocycles. The highest BCUT2D eigenvalue weighted by atomic mass is 32.2. The van der Waals surface area contributed by atoms with Crippen LogP contribution in [0.3, 0.4) is 0 Å². The summed E-state index contributed by atoms with van der Waals surface area (Å²) in [6, 6.07) is 2.48. The minimum Gasteiger partial charge on any atom is -0.478 e. The maximum atomic E-state index is 13.4. The highest BCUT2D eigenvalue weighted by molar-refractivity contribution is 7.89. The van der Waals surface area contributed by atoms with Gasteiger partial charge in [-0.25, -0.2) is 22.3 Å². The number of hydrogen-bond donors (Lipinski definition) is 2. The molecule has 0 fully saturated rings. The number of carboxylic acid groups (broad SMARTS) is 1. The topological polar surface area (TPSA) is 101 Å². The average Bonchev–Trinajstić information content (AvgIpc) is 2.28. The number of halogens is 1. The van der Waals surface area contributed by atoms with Gasteiger partial charge in [-0.15, -0.1) is 0 Å². The van der Waals surface area contributed by atoms with Crippen molar-refractivity contribution in [1.82, 2.24) is 4.72 Å². The molecule has 106 valence electrons. The molecule has 2 N–H and O–H groups in total. The molecule has 1 aromatic carbocycles. The largest absolute Gasteiger partial charge is 0.478 e. The third-order valence-corrected chi connectivity index (χ3v) is 4.40. The van der Waals surface area contributed by atoms with Gasteiger partial charge in [-0.05, 0) is 18.2 Å². The van der Waals surface area contributed by atoms with E-state index in [1.54, 1.807) is 0 Å². The first-order chi connectivity index (χ1) is 8.74. The lowest BCUT2D eigenvalue weighted by Gasteiger charge is -2.07. The quantitative estimate of drug-likeness (QED) is 0.781. The molecular formula is C10H12FNO5S2. The van der Waals surface area contributed by atoms with Crippen molar-refractivity contribution in [3.63, 3.8) is 0 Å². The Morgan fingerprint density at radius 2 is 2.11 bits per heavy atom. The Morgan fingerprint density at radius 3 is 2.63 bits per heavy atom. The Balaban J connectivity index is 3.03. The van der Waals surface area contributed by atoms with E-state index in [1.807, 2.05) is 0 Å². The maximum Gasteiger partial charge on any atom is 0.335 e. The van der Waals surface area contributed by atoms with Gasteiger partial charge in [-0.1, -0.05) is 0 Å². The summed E-state index contributed by atoms with van der Waals surface area (Å²) in [5.41, 5.74) is -0.333. The van der Waals surface area contributed by atoms with Crippen LogP contribution in [0.1, 0.15) is 10.4 Å². The lowest BCUT2D eigenvalue weighted by atomic mass is 10.2. The van der Waals surface area contributed by atoms with Gasteiger partial charge in [0.15, 0.2) is 0 Å². The van der Waals surface area contributed by atoms with E-state index in [9.17, 15) is 21.8 Å². The highest BCUT2D eigenvalue weighted by Crippen LogP contribution is 2.16. The third-order valence-electron chi connectivity index (χ3n) is 2.15. The van der Waals surface area contributed by atoms with E-state index < -0.39 is 37.5 Å². The van der Waals surface area contributed by atoms with E-state index in [-0.39, 0.29) is 17.9 Å². The van der Waals surface area contributed by atoms with Crippen molar-refractivity contribution in [2.45, 2.75) is 4.90 Å². The van der Waals surface area contributed by atoms with Gasteiger partial charge in [0.2, 0.25) is 10.0 Å². The lowest BCUT2D eigenvalue weighted by molar-refractivity contribution is 0.0696. The molecule has 0 aliphatic rings. The van der Waals surface area contributed by atoms with Crippen molar-refractivity contribution in [3.8, 4) is 0 Å². The molecule has 1 unspecified atom stereocenters. The normalized spacial score (nSPS) is 13.2. The second-order valence-electron chi connectivity index (χ2n) is 3.63. The molecule has 0 aliphatic heterocycles. The van der Waals surface area contributed by atoms with Crippen LogP contribution in [0.15, 0.2) is 23.1 Å². The molecular weight excluding hydrogens is 297 g/mol. The monoisotopic (exact) mass is 309 g/mol. The van der Waals surface area contributed by atoms with Gasteiger partial charge in [0, 0.05) is 29.4 Å². The van der Waals surface area contributed by atoms with Crippen LogP contribution in [0.2, 0.25) is 0 Å². The Labute approximate surface area is 112 Å². The third kappa shape index (κ3) is 4.37. The molecule has 1 rings (SSSR count). The van der Waals surface area contributed by atoms with Gasteiger partial charge in [0.25, 0.3) is 0 Å². The van der Waals surface area contributed by atoms with Crippen LogP contribution >= 0.6 is 0 Å². The lowest BCUT2D eigenvalue weighted by Crippen LogP contribution is -2.28. The summed E-state index contributed by atoms with van der Waals surface area (Å²) in [5.74, 6) is -2.32. The Bertz CT molecular complexity index is 614.